The number of aryl methyl sites for hydroxylation is 1. The number of sulfonamides is 1. The van der Waals surface area contributed by atoms with Crippen molar-refractivity contribution >= 4 is 21.6 Å². The van der Waals surface area contributed by atoms with Gasteiger partial charge in [0.05, 0.1) is 10.6 Å². The van der Waals surface area contributed by atoms with Crippen molar-refractivity contribution in [3.05, 3.63) is 95.3 Å². The second kappa shape index (κ2) is 8.45. The number of halogens is 1. The second-order valence-corrected chi connectivity index (χ2v) is 8.42. The van der Waals surface area contributed by atoms with Gasteiger partial charge in [0, 0.05) is 19.2 Å². The molecule has 0 aliphatic rings. The summed E-state index contributed by atoms with van der Waals surface area (Å²) in [5.41, 5.74) is 2.29. The van der Waals surface area contributed by atoms with Gasteiger partial charge in [0.1, 0.15) is 5.82 Å². The minimum absolute atomic E-state index is 0.165. The predicted molar refractivity (Wildman–Crippen MR) is 111 cm³/mol. The van der Waals surface area contributed by atoms with Gasteiger partial charge in [0.2, 0.25) is 0 Å². The summed E-state index contributed by atoms with van der Waals surface area (Å²) in [6.07, 6.45) is 0. The second-order valence-electron chi connectivity index (χ2n) is 6.74. The van der Waals surface area contributed by atoms with E-state index in [0.29, 0.717) is 23.4 Å². The Morgan fingerprint density at radius 2 is 1.66 bits per heavy atom. The van der Waals surface area contributed by atoms with E-state index in [1.54, 1.807) is 62.5 Å². The molecule has 1 N–H and O–H groups in total. The van der Waals surface area contributed by atoms with Gasteiger partial charge in [-0.3, -0.25) is 9.52 Å². The third-order valence-corrected chi connectivity index (χ3v) is 5.83. The van der Waals surface area contributed by atoms with Crippen molar-refractivity contribution < 1.29 is 17.6 Å². The number of hydrogen-bond acceptors (Lipinski definition) is 3. The normalized spacial score (nSPS) is 11.1. The molecule has 0 radical (unpaired) electrons. The zero-order valence-corrected chi connectivity index (χ0v) is 16.9. The van der Waals surface area contributed by atoms with Crippen molar-refractivity contribution in [3.63, 3.8) is 0 Å². The summed E-state index contributed by atoms with van der Waals surface area (Å²) in [5, 5.41) is 0. The van der Waals surface area contributed by atoms with E-state index in [2.05, 4.69) is 4.72 Å². The molecule has 0 unspecified atom stereocenters. The molecule has 0 heterocycles. The van der Waals surface area contributed by atoms with Crippen molar-refractivity contribution in [2.24, 2.45) is 0 Å². The van der Waals surface area contributed by atoms with Crippen molar-refractivity contribution in [1.82, 2.24) is 4.90 Å². The topological polar surface area (TPSA) is 66.5 Å². The highest BCUT2D eigenvalue weighted by Crippen LogP contribution is 2.22. The van der Waals surface area contributed by atoms with Crippen LogP contribution >= 0.6 is 0 Å². The standard InChI is InChI=1S/C22H21FN2O3S/c1-16-14-18(22(26)25(2)15-17-8-11-19(23)12-9-17)10-13-21(16)24-29(27,28)20-6-4-3-5-7-20/h3-14,24H,15H2,1-2H3. The maximum Gasteiger partial charge on any atom is 0.261 e. The number of carbonyl (C=O) groups excluding carboxylic acids is 1. The van der Waals surface area contributed by atoms with Crippen molar-refractivity contribution in [1.29, 1.82) is 0 Å². The van der Waals surface area contributed by atoms with Gasteiger partial charge in [0.15, 0.2) is 0 Å². The Bertz CT molecular complexity index is 1110. The maximum atomic E-state index is 13.0. The van der Waals surface area contributed by atoms with E-state index in [0.717, 1.165) is 5.56 Å². The molecule has 0 saturated carbocycles. The molecule has 3 aromatic rings. The number of nitrogens with zero attached hydrogens (tertiary/aromatic N) is 1. The molecule has 3 rings (SSSR count). The molecule has 0 aliphatic heterocycles. The molecule has 0 aliphatic carbocycles. The highest BCUT2D eigenvalue weighted by atomic mass is 32.2. The molecular weight excluding hydrogens is 391 g/mol. The van der Waals surface area contributed by atoms with Crippen LogP contribution in [0.1, 0.15) is 21.5 Å². The quantitative estimate of drug-likeness (QED) is 0.660. The van der Waals surface area contributed by atoms with Gasteiger partial charge in [-0.25, -0.2) is 12.8 Å². The number of anilines is 1. The largest absolute Gasteiger partial charge is 0.337 e. The molecule has 7 heteroatoms. The van der Waals surface area contributed by atoms with Gasteiger partial charge >= 0.3 is 0 Å². The lowest BCUT2D eigenvalue weighted by Gasteiger charge is -2.18. The van der Waals surface area contributed by atoms with Gasteiger partial charge < -0.3 is 4.90 Å². The molecule has 0 aromatic heterocycles. The summed E-state index contributed by atoms with van der Waals surface area (Å²) in [6.45, 7) is 2.07. The van der Waals surface area contributed by atoms with Gasteiger partial charge in [-0.05, 0) is 60.5 Å². The Hall–Kier alpha value is -3.19. The molecule has 0 fully saturated rings. The zero-order valence-electron chi connectivity index (χ0n) is 16.1. The van der Waals surface area contributed by atoms with Crippen LogP contribution in [0.15, 0.2) is 77.7 Å². The average molecular weight is 412 g/mol. The first-order valence-corrected chi connectivity index (χ1v) is 10.4. The summed E-state index contributed by atoms with van der Waals surface area (Å²) < 4.78 is 40.6. The minimum Gasteiger partial charge on any atom is -0.337 e. The Labute approximate surface area is 169 Å². The van der Waals surface area contributed by atoms with E-state index in [1.165, 1.54) is 29.2 Å². The van der Waals surface area contributed by atoms with Crippen LogP contribution in [0.25, 0.3) is 0 Å². The summed E-state index contributed by atoms with van der Waals surface area (Å²) >= 11 is 0. The van der Waals surface area contributed by atoms with Crippen LogP contribution in [0.3, 0.4) is 0 Å². The molecule has 5 nitrogen and oxygen atoms in total. The molecule has 29 heavy (non-hydrogen) atoms. The summed E-state index contributed by atoms with van der Waals surface area (Å²) in [5.74, 6) is -0.540. The smallest absolute Gasteiger partial charge is 0.261 e. The van der Waals surface area contributed by atoms with E-state index < -0.39 is 10.0 Å². The summed E-state index contributed by atoms with van der Waals surface area (Å²) in [7, 11) is -2.05. The van der Waals surface area contributed by atoms with Crippen LogP contribution in [0.5, 0.6) is 0 Å². The van der Waals surface area contributed by atoms with Gasteiger partial charge in [-0.15, -0.1) is 0 Å². The third kappa shape index (κ3) is 5.00. The van der Waals surface area contributed by atoms with E-state index in [1.807, 2.05) is 0 Å². The van der Waals surface area contributed by atoms with Crippen molar-refractivity contribution in [2.75, 3.05) is 11.8 Å². The van der Waals surface area contributed by atoms with E-state index in [9.17, 15) is 17.6 Å². The first-order chi connectivity index (χ1) is 13.8. The Balaban J connectivity index is 1.74. The lowest BCUT2D eigenvalue weighted by atomic mass is 10.1. The fraction of sp³-hybridized carbons (Fsp3) is 0.136. The first kappa shape index (κ1) is 20.5. The average Bonchev–Trinajstić information content (AvgIpc) is 2.71. The summed E-state index contributed by atoms with van der Waals surface area (Å²) in [4.78, 5) is 14.4. The SMILES string of the molecule is Cc1cc(C(=O)N(C)Cc2ccc(F)cc2)ccc1NS(=O)(=O)c1ccccc1. The number of rotatable bonds is 6. The Kier molecular flexibility index (Phi) is 5.98. The Morgan fingerprint density at radius 1 is 1.00 bits per heavy atom. The van der Waals surface area contributed by atoms with Crippen LogP contribution in [0.2, 0.25) is 0 Å². The van der Waals surface area contributed by atoms with Gasteiger partial charge in [0.25, 0.3) is 15.9 Å². The Morgan fingerprint density at radius 3 is 2.28 bits per heavy atom. The number of hydrogen-bond donors (Lipinski definition) is 1. The first-order valence-electron chi connectivity index (χ1n) is 8.95. The monoisotopic (exact) mass is 412 g/mol. The minimum atomic E-state index is -3.71. The number of carbonyl (C=O) groups is 1. The molecule has 0 saturated heterocycles. The maximum absolute atomic E-state index is 13.0. The van der Waals surface area contributed by atoms with Crippen LogP contribution in [-0.2, 0) is 16.6 Å². The highest BCUT2D eigenvalue weighted by molar-refractivity contribution is 7.92. The predicted octanol–water partition coefficient (Wildman–Crippen LogP) is 4.21. The molecule has 3 aromatic carbocycles. The van der Waals surface area contributed by atoms with Crippen LogP contribution in [-0.4, -0.2) is 26.3 Å². The fourth-order valence-electron chi connectivity index (χ4n) is 2.87. The number of amides is 1. The lowest BCUT2D eigenvalue weighted by molar-refractivity contribution is 0.0785. The molecule has 0 bridgehead atoms. The molecule has 0 spiro atoms. The highest BCUT2D eigenvalue weighted by Gasteiger charge is 2.17. The van der Waals surface area contributed by atoms with Gasteiger partial charge in [-0.2, -0.15) is 0 Å². The lowest BCUT2D eigenvalue weighted by Crippen LogP contribution is -2.26. The zero-order chi connectivity index (χ0) is 21.0. The van der Waals surface area contributed by atoms with E-state index in [4.69, 9.17) is 0 Å². The van der Waals surface area contributed by atoms with Crippen LogP contribution in [0, 0.1) is 12.7 Å². The molecule has 1 amide bonds. The molecular formula is C22H21FN2O3S. The fourth-order valence-corrected chi connectivity index (χ4v) is 4.02. The molecule has 150 valence electrons. The van der Waals surface area contributed by atoms with Crippen molar-refractivity contribution in [3.8, 4) is 0 Å². The molecule has 0 atom stereocenters. The van der Waals surface area contributed by atoms with E-state index in [-0.39, 0.29) is 16.6 Å². The number of benzene rings is 3. The number of nitrogens with one attached hydrogen (secondary N) is 1. The van der Waals surface area contributed by atoms with E-state index >= 15 is 0 Å². The van der Waals surface area contributed by atoms with Crippen LogP contribution < -0.4 is 4.72 Å². The van der Waals surface area contributed by atoms with Crippen LogP contribution in [0.4, 0.5) is 10.1 Å². The van der Waals surface area contributed by atoms with Crippen molar-refractivity contribution in [2.45, 2.75) is 18.4 Å². The summed E-state index contributed by atoms with van der Waals surface area (Å²) in [6, 6.07) is 18.8. The third-order valence-electron chi connectivity index (χ3n) is 4.45. The van der Waals surface area contributed by atoms with Gasteiger partial charge in [-0.1, -0.05) is 30.3 Å².